The van der Waals surface area contributed by atoms with Gasteiger partial charge in [-0.15, -0.1) is 0 Å². The van der Waals surface area contributed by atoms with E-state index in [1.807, 2.05) is 0 Å². The summed E-state index contributed by atoms with van der Waals surface area (Å²) in [4.78, 5) is 19.5. The first-order chi connectivity index (χ1) is 9.57. The fraction of sp³-hybridized carbons (Fsp3) is 0.500. The Labute approximate surface area is 116 Å². The van der Waals surface area contributed by atoms with Crippen LogP contribution in [0.3, 0.4) is 0 Å². The molecule has 1 unspecified atom stereocenters. The Morgan fingerprint density at radius 2 is 2.10 bits per heavy atom. The number of ether oxygens (including phenoxy) is 1. The van der Waals surface area contributed by atoms with Crippen molar-refractivity contribution in [1.82, 2.24) is 19.7 Å². The number of hydrogen-bond acceptors (Lipinski definition) is 6. The summed E-state index contributed by atoms with van der Waals surface area (Å²) >= 11 is 0. The van der Waals surface area contributed by atoms with Crippen molar-refractivity contribution in [3.05, 3.63) is 12.4 Å². The van der Waals surface area contributed by atoms with E-state index < -0.39 is 13.7 Å². The smallest absolute Gasteiger partial charge is 0.372 e. The number of hydrogen-bond donors (Lipinski definition) is 2. The Balaban J connectivity index is 1.95. The summed E-state index contributed by atoms with van der Waals surface area (Å²) in [6, 6.07) is -0.682. The number of nitrogens with zero attached hydrogens (tertiary/aromatic N) is 3. The first kappa shape index (κ1) is 14.7. The summed E-state index contributed by atoms with van der Waals surface area (Å²) in [5, 5.41) is 4.71. The minimum absolute atomic E-state index is 0.0807. The van der Waals surface area contributed by atoms with Gasteiger partial charge in [-0.1, -0.05) is 0 Å². The Morgan fingerprint density at radius 3 is 2.60 bits per heavy atom. The number of aromatic nitrogens is 2. The molecule has 1 aliphatic heterocycles. The third-order valence-electron chi connectivity index (χ3n) is 2.43. The molecule has 0 aliphatic carbocycles. The van der Waals surface area contributed by atoms with E-state index in [0.717, 1.165) is 0 Å². The SMILES string of the molecule is CCOP(=O)(NC(=O)Nc1ncc(OC)cn1)N1CC1. The van der Waals surface area contributed by atoms with E-state index >= 15 is 0 Å². The molecule has 1 saturated heterocycles. The monoisotopic (exact) mass is 301 g/mol. The second-order valence-corrected chi connectivity index (χ2v) is 5.99. The Morgan fingerprint density at radius 1 is 1.45 bits per heavy atom. The van der Waals surface area contributed by atoms with Crippen LogP contribution in [-0.4, -0.2) is 47.5 Å². The maximum Gasteiger partial charge on any atom is 0.372 e. The molecule has 0 radical (unpaired) electrons. The molecular weight excluding hydrogens is 285 g/mol. The first-order valence-electron chi connectivity index (χ1n) is 6.02. The lowest BCUT2D eigenvalue weighted by atomic mass is 10.6. The van der Waals surface area contributed by atoms with E-state index in [9.17, 15) is 9.36 Å². The number of urea groups is 1. The Kier molecular flexibility index (Phi) is 4.53. The molecule has 0 saturated carbocycles. The fourth-order valence-corrected chi connectivity index (χ4v) is 3.06. The number of anilines is 1. The van der Waals surface area contributed by atoms with Gasteiger partial charge >= 0.3 is 13.7 Å². The zero-order chi connectivity index (χ0) is 14.6. The number of rotatable bonds is 6. The van der Waals surface area contributed by atoms with Crippen molar-refractivity contribution < 1.29 is 18.6 Å². The summed E-state index contributed by atoms with van der Waals surface area (Å²) in [5.74, 6) is 0.553. The van der Waals surface area contributed by atoms with E-state index in [1.54, 1.807) is 11.6 Å². The van der Waals surface area contributed by atoms with Crippen LogP contribution in [0.15, 0.2) is 12.4 Å². The largest absolute Gasteiger partial charge is 0.494 e. The number of carbonyl (C=O) groups is 1. The number of amides is 2. The Hall–Kier alpha value is -1.70. The minimum Gasteiger partial charge on any atom is -0.494 e. The van der Waals surface area contributed by atoms with Gasteiger partial charge in [0.2, 0.25) is 5.95 Å². The summed E-state index contributed by atoms with van der Waals surface area (Å²) < 4.78 is 24.0. The summed E-state index contributed by atoms with van der Waals surface area (Å²) in [6.07, 6.45) is 2.82. The molecule has 1 aromatic heterocycles. The topological polar surface area (TPSA) is 105 Å². The van der Waals surface area contributed by atoms with Crippen LogP contribution in [0.25, 0.3) is 0 Å². The van der Waals surface area contributed by atoms with Crippen molar-refractivity contribution in [2.45, 2.75) is 6.92 Å². The van der Waals surface area contributed by atoms with Crippen molar-refractivity contribution in [1.29, 1.82) is 0 Å². The van der Waals surface area contributed by atoms with Crippen LogP contribution in [0.2, 0.25) is 0 Å². The molecule has 1 aromatic rings. The third kappa shape index (κ3) is 3.66. The van der Waals surface area contributed by atoms with Crippen molar-refractivity contribution >= 4 is 19.6 Å². The average molecular weight is 301 g/mol. The molecule has 110 valence electrons. The van der Waals surface area contributed by atoms with Gasteiger partial charge in [-0.05, 0) is 6.92 Å². The number of carbonyl (C=O) groups excluding carboxylic acids is 1. The van der Waals surface area contributed by atoms with Crippen LogP contribution in [0.4, 0.5) is 10.7 Å². The summed E-state index contributed by atoms with van der Waals surface area (Å²) in [6.45, 7) is 3.22. The van der Waals surface area contributed by atoms with Gasteiger partial charge in [0.1, 0.15) is 0 Å². The molecule has 2 amide bonds. The van der Waals surface area contributed by atoms with Gasteiger partial charge in [0.05, 0.1) is 26.1 Å². The lowest BCUT2D eigenvalue weighted by molar-refractivity contribution is 0.251. The van der Waals surface area contributed by atoms with E-state index in [1.165, 1.54) is 19.5 Å². The van der Waals surface area contributed by atoms with Crippen LogP contribution in [0, 0.1) is 0 Å². The third-order valence-corrected chi connectivity index (χ3v) is 4.67. The molecule has 0 spiro atoms. The first-order valence-corrected chi connectivity index (χ1v) is 7.60. The molecule has 2 heterocycles. The molecule has 0 bridgehead atoms. The predicted octanol–water partition coefficient (Wildman–Crippen LogP) is 1.07. The van der Waals surface area contributed by atoms with Crippen LogP contribution < -0.4 is 15.1 Å². The molecule has 2 N–H and O–H groups in total. The van der Waals surface area contributed by atoms with Crippen LogP contribution in [-0.2, 0) is 9.09 Å². The molecule has 10 heteroatoms. The molecule has 20 heavy (non-hydrogen) atoms. The highest BCUT2D eigenvalue weighted by Crippen LogP contribution is 2.50. The molecule has 1 aliphatic rings. The zero-order valence-corrected chi connectivity index (χ0v) is 12.1. The fourth-order valence-electron chi connectivity index (χ4n) is 1.41. The molecule has 1 fully saturated rings. The quantitative estimate of drug-likeness (QED) is 0.598. The predicted molar refractivity (Wildman–Crippen MR) is 71.5 cm³/mol. The van der Waals surface area contributed by atoms with Gasteiger partial charge in [-0.3, -0.25) is 10.4 Å². The second kappa shape index (κ2) is 6.17. The van der Waals surface area contributed by atoms with Gasteiger partial charge in [-0.25, -0.2) is 24.0 Å². The lowest BCUT2D eigenvalue weighted by Gasteiger charge is -2.18. The Bertz CT molecular complexity index is 519. The molecule has 0 aromatic carbocycles. The molecule has 9 nitrogen and oxygen atoms in total. The van der Waals surface area contributed by atoms with E-state index in [0.29, 0.717) is 18.8 Å². The van der Waals surface area contributed by atoms with Crippen LogP contribution in [0.5, 0.6) is 5.75 Å². The highest BCUT2D eigenvalue weighted by atomic mass is 31.2. The van der Waals surface area contributed by atoms with E-state index in [4.69, 9.17) is 9.26 Å². The maximum absolute atomic E-state index is 12.3. The number of methoxy groups -OCH3 is 1. The standard InChI is InChI=1S/C10H16N5O4P/c1-3-19-20(17,15-4-5-15)14-10(16)13-9-11-6-8(18-2)7-12-9/h6-7H,3-5H2,1-2H3,(H2,11,12,13,14,16,17). The van der Waals surface area contributed by atoms with Crippen molar-refractivity contribution in [3.8, 4) is 5.75 Å². The van der Waals surface area contributed by atoms with Gasteiger partial charge in [0.15, 0.2) is 5.75 Å². The second-order valence-electron chi connectivity index (χ2n) is 3.90. The van der Waals surface area contributed by atoms with Crippen molar-refractivity contribution in [2.75, 3.05) is 32.1 Å². The molecule has 2 rings (SSSR count). The van der Waals surface area contributed by atoms with E-state index in [-0.39, 0.29) is 12.6 Å². The number of nitrogens with one attached hydrogen (secondary N) is 2. The minimum atomic E-state index is -3.30. The van der Waals surface area contributed by atoms with Crippen LogP contribution in [0.1, 0.15) is 6.92 Å². The van der Waals surface area contributed by atoms with E-state index in [2.05, 4.69) is 20.4 Å². The van der Waals surface area contributed by atoms with Gasteiger partial charge in [-0.2, -0.15) is 0 Å². The normalized spacial score (nSPS) is 17.1. The molecular formula is C10H16N5O4P. The van der Waals surface area contributed by atoms with Gasteiger partial charge in [0.25, 0.3) is 0 Å². The van der Waals surface area contributed by atoms with Gasteiger partial charge < -0.3 is 9.26 Å². The van der Waals surface area contributed by atoms with Crippen molar-refractivity contribution in [3.63, 3.8) is 0 Å². The maximum atomic E-state index is 12.3. The summed E-state index contributed by atoms with van der Waals surface area (Å²) in [5.41, 5.74) is 0. The summed E-state index contributed by atoms with van der Waals surface area (Å²) in [7, 11) is -1.81. The average Bonchev–Trinajstić information content (AvgIpc) is 3.24. The van der Waals surface area contributed by atoms with Crippen LogP contribution >= 0.6 is 7.67 Å². The lowest BCUT2D eigenvalue weighted by Crippen LogP contribution is -2.30. The highest BCUT2D eigenvalue weighted by Gasteiger charge is 2.41. The van der Waals surface area contributed by atoms with Gasteiger partial charge in [0, 0.05) is 13.1 Å². The highest BCUT2D eigenvalue weighted by molar-refractivity contribution is 7.55. The van der Waals surface area contributed by atoms with Crippen molar-refractivity contribution in [2.24, 2.45) is 0 Å². The zero-order valence-electron chi connectivity index (χ0n) is 11.2. The molecule has 1 atom stereocenters.